The second-order valence-electron chi connectivity index (χ2n) is 9.13. The molecule has 13 nitrogen and oxygen atoms in total. The van der Waals surface area contributed by atoms with Crippen molar-refractivity contribution in [1.82, 2.24) is 10.2 Å². The van der Waals surface area contributed by atoms with Crippen molar-refractivity contribution in [3.8, 4) is 0 Å². The number of likely N-dealkylation sites (tertiary alicyclic amines) is 1. The molecule has 0 saturated carbocycles. The summed E-state index contributed by atoms with van der Waals surface area (Å²) in [5, 5.41) is 28.0. The smallest absolute Gasteiger partial charge is 0.411 e. The van der Waals surface area contributed by atoms with E-state index in [2.05, 4.69) is 10.6 Å². The predicted octanol–water partition coefficient (Wildman–Crippen LogP) is 3.87. The minimum absolute atomic E-state index is 0.0129. The fourth-order valence-electron chi connectivity index (χ4n) is 4.30. The summed E-state index contributed by atoms with van der Waals surface area (Å²) in [4.78, 5) is 60.9. The number of carbonyl (C=O) groups excluding carboxylic acids is 3. The molecule has 202 valence electrons. The molecule has 1 aliphatic heterocycles. The normalized spacial score (nSPS) is 16.6. The summed E-state index contributed by atoms with van der Waals surface area (Å²) in [5.74, 6) is -1.30. The molecule has 13 heteroatoms. The second kappa shape index (κ2) is 12.1. The number of benzene rings is 2. The van der Waals surface area contributed by atoms with Gasteiger partial charge in [-0.25, -0.2) is 4.79 Å². The van der Waals surface area contributed by atoms with Crippen LogP contribution in [0.4, 0.5) is 21.9 Å². The van der Waals surface area contributed by atoms with Gasteiger partial charge in [0.15, 0.2) is 0 Å². The highest BCUT2D eigenvalue weighted by Gasteiger charge is 2.42. The average Bonchev–Trinajstić information content (AvgIpc) is 3.26. The van der Waals surface area contributed by atoms with Crippen LogP contribution in [0.5, 0.6) is 0 Å². The fraction of sp³-hybridized carbons (Fsp3) is 0.400. The number of amides is 3. The van der Waals surface area contributed by atoms with Crippen LogP contribution in [0.25, 0.3) is 0 Å². The molecule has 0 spiro atoms. The molecule has 3 rings (SSSR count). The molecule has 1 aliphatic rings. The van der Waals surface area contributed by atoms with Gasteiger partial charge in [0.1, 0.15) is 12.1 Å². The molecular formula is C25H29N5O8. The molecule has 3 amide bonds. The number of hydrogen-bond acceptors (Lipinski definition) is 8. The van der Waals surface area contributed by atoms with Crippen molar-refractivity contribution >= 4 is 35.0 Å². The molecule has 0 aromatic heterocycles. The van der Waals surface area contributed by atoms with E-state index in [0.29, 0.717) is 18.7 Å². The number of nitro groups is 2. The largest absolute Gasteiger partial charge is 0.444 e. The van der Waals surface area contributed by atoms with E-state index in [0.717, 1.165) is 40.6 Å². The number of nitrogens with zero attached hydrogens (tertiary/aromatic N) is 3. The van der Waals surface area contributed by atoms with Crippen LogP contribution >= 0.6 is 0 Å². The third-order valence-electron chi connectivity index (χ3n) is 5.97. The van der Waals surface area contributed by atoms with Crippen LogP contribution in [0.2, 0.25) is 0 Å². The lowest BCUT2D eigenvalue weighted by molar-refractivity contribution is -0.394. The number of hydrogen-bond donors (Lipinski definition) is 2. The van der Waals surface area contributed by atoms with E-state index in [1.165, 1.54) is 0 Å². The highest BCUT2D eigenvalue weighted by Crippen LogP contribution is 2.28. The first-order valence-corrected chi connectivity index (χ1v) is 12.1. The monoisotopic (exact) mass is 527 g/mol. The van der Waals surface area contributed by atoms with Crippen molar-refractivity contribution in [3.63, 3.8) is 0 Å². The lowest BCUT2D eigenvalue weighted by Gasteiger charge is -2.23. The first-order valence-electron chi connectivity index (χ1n) is 12.1. The molecule has 1 fully saturated rings. The fourth-order valence-corrected chi connectivity index (χ4v) is 4.30. The van der Waals surface area contributed by atoms with Crippen molar-refractivity contribution in [2.24, 2.45) is 0 Å². The van der Waals surface area contributed by atoms with Gasteiger partial charge in [0.25, 0.3) is 17.3 Å². The molecule has 2 N–H and O–H groups in total. The zero-order valence-electron chi connectivity index (χ0n) is 21.3. The van der Waals surface area contributed by atoms with Gasteiger partial charge in [-0.1, -0.05) is 19.4 Å². The maximum Gasteiger partial charge on any atom is 0.411 e. The van der Waals surface area contributed by atoms with E-state index in [1.807, 2.05) is 26.8 Å². The van der Waals surface area contributed by atoms with Crippen molar-refractivity contribution in [2.45, 2.75) is 52.2 Å². The van der Waals surface area contributed by atoms with Gasteiger partial charge in [0, 0.05) is 30.8 Å². The average molecular weight is 528 g/mol. The Balaban J connectivity index is 1.83. The zero-order valence-corrected chi connectivity index (χ0v) is 21.3. The second-order valence-corrected chi connectivity index (χ2v) is 9.13. The molecule has 0 aliphatic carbocycles. The summed E-state index contributed by atoms with van der Waals surface area (Å²) in [6, 6.07) is 7.01. The number of nitro benzene ring substituents is 2. The van der Waals surface area contributed by atoms with Gasteiger partial charge >= 0.3 is 6.09 Å². The summed E-state index contributed by atoms with van der Waals surface area (Å²) in [5.41, 5.74) is 0.812. The first kappa shape index (κ1) is 28.0. The Bertz CT molecular complexity index is 1210. The maximum absolute atomic E-state index is 13.4. The quantitative estimate of drug-likeness (QED) is 0.281. The number of nitrogens with one attached hydrogen (secondary N) is 2. The van der Waals surface area contributed by atoms with Crippen molar-refractivity contribution < 1.29 is 29.0 Å². The standard InChI is InChI=1S/C25H29N5O8/c1-4-5-6-26-23(31)22-13-21(38-25(33)27-18-8-15(2)7-16(3)9-18)14-28(22)24(32)17-10-19(29(34)35)12-20(11-17)30(36)37/h7-12,21-22H,4-6,13-14H2,1-3H3,(H,26,31)(H,27,33)/t21-,22+/m1/s1. The molecule has 2 aromatic rings. The SMILES string of the molecule is CCCCNC(=O)[C@@H]1C[C@@H](OC(=O)Nc2cc(C)cc(C)c2)CN1C(=O)c1cc([N+](=O)[O-])cc([N+](=O)[O-])c1. The number of anilines is 1. The van der Waals surface area contributed by atoms with Crippen LogP contribution in [-0.2, 0) is 9.53 Å². The highest BCUT2D eigenvalue weighted by molar-refractivity contribution is 5.99. The first-order chi connectivity index (χ1) is 18.0. The molecule has 2 atom stereocenters. The number of aryl methyl sites for hydroxylation is 2. The number of non-ortho nitro benzene ring substituents is 2. The number of carbonyl (C=O) groups is 3. The van der Waals surface area contributed by atoms with Crippen LogP contribution in [0.15, 0.2) is 36.4 Å². The van der Waals surface area contributed by atoms with Crippen LogP contribution in [0.3, 0.4) is 0 Å². The minimum Gasteiger partial charge on any atom is -0.444 e. The third-order valence-corrected chi connectivity index (χ3v) is 5.97. The van der Waals surface area contributed by atoms with E-state index in [-0.39, 0.29) is 18.5 Å². The third kappa shape index (κ3) is 7.02. The lowest BCUT2D eigenvalue weighted by Crippen LogP contribution is -2.46. The van der Waals surface area contributed by atoms with Crippen molar-refractivity contribution in [3.05, 3.63) is 73.3 Å². The van der Waals surface area contributed by atoms with Gasteiger partial charge in [-0.15, -0.1) is 0 Å². The minimum atomic E-state index is -1.04. The summed E-state index contributed by atoms with van der Waals surface area (Å²) in [7, 11) is 0. The van der Waals surface area contributed by atoms with Gasteiger partial charge in [0.05, 0.1) is 28.0 Å². The Morgan fingerprint density at radius 3 is 2.16 bits per heavy atom. The molecule has 0 radical (unpaired) electrons. The molecule has 0 unspecified atom stereocenters. The topological polar surface area (TPSA) is 174 Å². The van der Waals surface area contributed by atoms with Gasteiger partial charge in [0.2, 0.25) is 5.91 Å². The molecule has 0 bridgehead atoms. The van der Waals surface area contributed by atoms with Gasteiger partial charge in [-0.2, -0.15) is 0 Å². The summed E-state index contributed by atoms with van der Waals surface area (Å²) in [6.45, 7) is 5.90. The van der Waals surface area contributed by atoms with E-state index >= 15 is 0 Å². The Labute approximate surface area is 218 Å². The number of unbranched alkanes of at least 4 members (excludes halogenated alkanes) is 1. The van der Waals surface area contributed by atoms with Crippen LogP contribution in [0, 0.1) is 34.1 Å². The van der Waals surface area contributed by atoms with E-state index < -0.39 is 51.3 Å². The number of rotatable bonds is 9. The Morgan fingerprint density at radius 2 is 1.61 bits per heavy atom. The van der Waals surface area contributed by atoms with E-state index in [4.69, 9.17) is 4.74 Å². The Hall–Kier alpha value is -4.55. The molecule has 38 heavy (non-hydrogen) atoms. The zero-order chi connectivity index (χ0) is 28.0. The molecule has 1 saturated heterocycles. The Morgan fingerprint density at radius 1 is 1.00 bits per heavy atom. The maximum atomic E-state index is 13.4. The predicted molar refractivity (Wildman–Crippen MR) is 137 cm³/mol. The van der Waals surface area contributed by atoms with Gasteiger partial charge < -0.3 is 15.0 Å². The summed E-state index contributed by atoms with van der Waals surface area (Å²) >= 11 is 0. The highest BCUT2D eigenvalue weighted by atomic mass is 16.6. The van der Waals surface area contributed by atoms with E-state index in [1.54, 1.807) is 12.1 Å². The van der Waals surface area contributed by atoms with Crippen molar-refractivity contribution in [2.75, 3.05) is 18.4 Å². The lowest BCUT2D eigenvalue weighted by atomic mass is 10.1. The van der Waals surface area contributed by atoms with Crippen LogP contribution < -0.4 is 10.6 Å². The van der Waals surface area contributed by atoms with Gasteiger partial charge in [-0.05, 0) is 43.5 Å². The molecular weight excluding hydrogens is 498 g/mol. The van der Waals surface area contributed by atoms with Gasteiger partial charge in [-0.3, -0.25) is 35.1 Å². The van der Waals surface area contributed by atoms with E-state index in [9.17, 15) is 34.6 Å². The molecule has 2 aromatic carbocycles. The number of ether oxygens (including phenoxy) is 1. The Kier molecular flexibility index (Phi) is 8.94. The van der Waals surface area contributed by atoms with Crippen LogP contribution in [-0.4, -0.2) is 57.9 Å². The molecule has 1 heterocycles. The van der Waals surface area contributed by atoms with Crippen molar-refractivity contribution in [1.29, 1.82) is 0 Å². The van der Waals surface area contributed by atoms with Crippen LogP contribution in [0.1, 0.15) is 47.7 Å². The summed E-state index contributed by atoms with van der Waals surface area (Å²) < 4.78 is 5.50. The summed E-state index contributed by atoms with van der Waals surface area (Å²) in [6.07, 6.45) is -0.108.